The Morgan fingerprint density at radius 2 is 2.05 bits per heavy atom. The van der Waals surface area contributed by atoms with E-state index in [2.05, 4.69) is 10.4 Å². The Labute approximate surface area is 111 Å². The topological polar surface area (TPSA) is 46.9 Å². The van der Waals surface area contributed by atoms with E-state index in [1.165, 1.54) is 12.1 Å². The summed E-state index contributed by atoms with van der Waals surface area (Å²) in [6.45, 7) is 2.93. The highest BCUT2D eigenvalue weighted by molar-refractivity contribution is 5.75. The maximum Gasteiger partial charge on any atom is 0.222 e. The molecule has 0 atom stereocenters. The average molecular weight is 261 g/mol. The number of rotatable bonds is 5. The molecule has 1 N–H and O–H groups in total. The van der Waals surface area contributed by atoms with Gasteiger partial charge in [0.2, 0.25) is 5.91 Å². The molecule has 0 aliphatic carbocycles. The maximum atomic E-state index is 12.7. The fraction of sp³-hybridized carbons (Fsp3) is 0.286. The molecule has 0 aliphatic heterocycles. The van der Waals surface area contributed by atoms with Crippen LogP contribution < -0.4 is 5.32 Å². The third kappa shape index (κ3) is 3.91. The smallest absolute Gasteiger partial charge is 0.222 e. The van der Waals surface area contributed by atoms with Crippen LogP contribution in [0.3, 0.4) is 0 Å². The van der Waals surface area contributed by atoms with Crippen molar-refractivity contribution in [1.82, 2.24) is 15.1 Å². The third-order valence-electron chi connectivity index (χ3n) is 2.88. The van der Waals surface area contributed by atoms with Crippen molar-refractivity contribution < 1.29 is 9.18 Å². The summed E-state index contributed by atoms with van der Waals surface area (Å²) in [5, 5.41) is 6.91. The maximum absolute atomic E-state index is 12.7. The van der Waals surface area contributed by atoms with Crippen LogP contribution in [0.4, 0.5) is 4.39 Å². The van der Waals surface area contributed by atoms with Crippen LogP contribution in [0.15, 0.2) is 36.5 Å². The van der Waals surface area contributed by atoms with E-state index in [0.717, 1.165) is 11.3 Å². The summed E-state index contributed by atoms with van der Waals surface area (Å²) >= 11 is 0. The molecule has 1 aromatic heterocycles. The second-order valence-corrected chi connectivity index (χ2v) is 4.35. The van der Waals surface area contributed by atoms with Crippen molar-refractivity contribution >= 4 is 5.91 Å². The summed E-state index contributed by atoms with van der Waals surface area (Å²) in [7, 11) is 0. The number of benzene rings is 1. The quantitative estimate of drug-likeness (QED) is 0.895. The number of carbonyl (C=O) groups excluding carboxylic acids is 1. The standard InChI is InChI=1S/C14H16FN3O/c1-11-6-8-17-18(11)9-7-14(19)16-10-12-2-4-13(15)5-3-12/h2-6,8H,7,9-10H2,1H3,(H,16,19). The number of aryl methyl sites for hydroxylation is 2. The fourth-order valence-electron chi connectivity index (χ4n) is 1.73. The Balaban J connectivity index is 1.76. The van der Waals surface area contributed by atoms with Gasteiger partial charge in [-0.3, -0.25) is 9.48 Å². The van der Waals surface area contributed by atoms with Gasteiger partial charge in [-0.05, 0) is 30.7 Å². The predicted molar refractivity (Wildman–Crippen MR) is 69.8 cm³/mol. The lowest BCUT2D eigenvalue weighted by Gasteiger charge is -2.06. The molecular formula is C14H16FN3O. The molecule has 2 aromatic rings. The Morgan fingerprint density at radius 1 is 1.32 bits per heavy atom. The van der Waals surface area contributed by atoms with Gasteiger partial charge in [-0.25, -0.2) is 4.39 Å². The highest BCUT2D eigenvalue weighted by atomic mass is 19.1. The zero-order valence-corrected chi connectivity index (χ0v) is 10.8. The van der Waals surface area contributed by atoms with Gasteiger partial charge in [-0.15, -0.1) is 0 Å². The van der Waals surface area contributed by atoms with E-state index in [1.807, 2.05) is 13.0 Å². The number of halogens is 1. The van der Waals surface area contributed by atoms with Crippen molar-refractivity contribution in [2.24, 2.45) is 0 Å². The van der Waals surface area contributed by atoms with Crippen LogP contribution >= 0.6 is 0 Å². The van der Waals surface area contributed by atoms with Crippen LogP contribution in [0.5, 0.6) is 0 Å². The molecule has 1 amide bonds. The molecule has 1 heterocycles. The summed E-state index contributed by atoms with van der Waals surface area (Å²) in [5.41, 5.74) is 1.91. The molecule has 0 aliphatic rings. The largest absolute Gasteiger partial charge is 0.352 e. The van der Waals surface area contributed by atoms with Crippen molar-refractivity contribution in [3.05, 3.63) is 53.6 Å². The van der Waals surface area contributed by atoms with Gasteiger partial charge < -0.3 is 5.32 Å². The van der Waals surface area contributed by atoms with Crippen LogP contribution in [-0.4, -0.2) is 15.7 Å². The molecule has 0 bridgehead atoms. The van der Waals surface area contributed by atoms with Crippen molar-refractivity contribution in [2.45, 2.75) is 26.4 Å². The van der Waals surface area contributed by atoms with E-state index in [9.17, 15) is 9.18 Å². The lowest BCUT2D eigenvalue weighted by Crippen LogP contribution is -2.24. The minimum Gasteiger partial charge on any atom is -0.352 e. The van der Waals surface area contributed by atoms with Gasteiger partial charge in [0.25, 0.3) is 0 Å². The van der Waals surface area contributed by atoms with E-state index in [0.29, 0.717) is 19.5 Å². The predicted octanol–water partition coefficient (Wildman–Crippen LogP) is 2.04. The molecule has 0 spiro atoms. The molecule has 2 rings (SSSR count). The van der Waals surface area contributed by atoms with Crippen molar-refractivity contribution in [3.63, 3.8) is 0 Å². The van der Waals surface area contributed by atoms with Gasteiger partial charge in [0, 0.05) is 31.4 Å². The highest BCUT2D eigenvalue weighted by Crippen LogP contribution is 2.02. The van der Waals surface area contributed by atoms with Gasteiger partial charge in [0.15, 0.2) is 0 Å². The first-order chi connectivity index (χ1) is 9.15. The zero-order valence-electron chi connectivity index (χ0n) is 10.8. The molecule has 100 valence electrons. The number of aromatic nitrogens is 2. The molecule has 1 aromatic carbocycles. The van der Waals surface area contributed by atoms with Crippen LogP contribution in [0, 0.1) is 12.7 Å². The Morgan fingerprint density at radius 3 is 2.68 bits per heavy atom. The molecule has 0 fully saturated rings. The van der Waals surface area contributed by atoms with E-state index < -0.39 is 0 Å². The van der Waals surface area contributed by atoms with E-state index >= 15 is 0 Å². The Kier molecular flexibility index (Phi) is 4.28. The second kappa shape index (κ2) is 6.13. The number of hydrogen-bond donors (Lipinski definition) is 1. The lowest BCUT2D eigenvalue weighted by molar-refractivity contribution is -0.121. The summed E-state index contributed by atoms with van der Waals surface area (Å²) in [4.78, 5) is 11.7. The van der Waals surface area contributed by atoms with Gasteiger partial charge in [0.05, 0.1) is 0 Å². The van der Waals surface area contributed by atoms with Crippen LogP contribution in [-0.2, 0) is 17.9 Å². The lowest BCUT2D eigenvalue weighted by atomic mass is 10.2. The molecule has 0 unspecified atom stereocenters. The Bertz CT molecular complexity index is 548. The summed E-state index contributed by atoms with van der Waals surface area (Å²) in [6, 6.07) is 7.99. The highest BCUT2D eigenvalue weighted by Gasteiger charge is 2.04. The van der Waals surface area contributed by atoms with E-state index in [-0.39, 0.29) is 11.7 Å². The van der Waals surface area contributed by atoms with Crippen molar-refractivity contribution in [3.8, 4) is 0 Å². The number of nitrogens with zero attached hydrogens (tertiary/aromatic N) is 2. The zero-order chi connectivity index (χ0) is 13.7. The summed E-state index contributed by atoms with van der Waals surface area (Å²) < 4.78 is 14.5. The molecule has 5 heteroatoms. The monoisotopic (exact) mass is 261 g/mol. The van der Waals surface area contributed by atoms with Crippen LogP contribution in [0.25, 0.3) is 0 Å². The van der Waals surface area contributed by atoms with E-state index in [4.69, 9.17) is 0 Å². The second-order valence-electron chi connectivity index (χ2n) is 4.35. The number of hydrogen-bond acceptors (Lipinski definition) is 2. The van der Waals surface area contributed by atoms with Gasteiger partial charge in [0.1, 0.15) is 5.82 Å². The number of nitrogens with one attached hydrogen (secondary N) is 1. The summed E-state index contributed by atoms with van der Waals surface area (Å²) in [6.07, 6.45) is 2.09. The SMILES string of the molecule is Cc1ccnn1CCC(=O)NCc1ccc(F)cc1. The molecular weight excluding hydrogens is 245 g/mol. The van der Waals surface area contributed by atoms with Crippen LogP contribution in [0.2, 0.25) is 0 Å². The number of carbonyl (C=O) groups is 1. The molecule has 0 saturated carbocycles. The van der Waals surface area contributed by atoms with Crippen molar-refractivity contribution in [1.29, 1.82) is 0 Å². The van der Waals surface area contributed by atoms with Crippen molar-refractivity contribution in [2.75, 3.05) is 0 Å². The minimum absolute atomic E-state index is 0.0424. The molecule has 0 radical (unpaired) electrons. The average Bonchev–Trinajstić information content (AvgIpc) is 2.81. The fourth-order valence-corrected chi connectivity index (χ4v) is 1.73. The molecule has 19 heavy (non-hydrogen) atoms. The molecule has 4 nitrogen and oxygen atoms in total. The minimum atomic E-state index is -0.274. The molecule has 0 saturated heterocycles. The van der Waals surface area contributed by atoms with Gasteiger partial charge in [-0.1, -0.05) is 12.1 Å². The Hall–Kier alpha value is -2.17. The third-order valence-corrected chi connectivity index (χ3v) is 2.88. The normalized spacial score (nSPS) is 10.4. The first kappa shape index (κ1) is 13.3. The van der Waals surface area contributed by atoms with Gasteiger partial charge >= 0.3 is 0 Å². The van der Waals surface area contributed by atoms with E-state index in [1.54, 1.807) is 23.0 Å². The first-order valence-corrected chi connectivity index (χ1v) is 6.15. The number of amides is 1. The summed E-state index contributed by atoms with van der Waals surface area (Å²) in [5.74, 6) is -0.316. The van der Waals surface area contributed by atoms with Gasteiger partial charge in [-0.2, -0.15) is 5.10 Å². The van der Waals surface area contributed by atoms with Crippen LogP contribution in [0.1, 0.15) is 17.7 Å². The first-order valence-electron chi connectivity index (χ1n) is 6.15.